The average Bonchev–Trinajstić information content (AvgIpc) is 2.49. The van der Waals surface area contributed by atoms with E-state index in [0.29, 0.717) is 31.3 Å². The molecule has 0 fully saturated rings. The topological polar surface area (TPSA) is 49.0 Å². The SMILES string of the molecule is C=C(C)COCCNCc1cc(OC)c(OC)cc1OC. The Morgan fingerprint density at radius 2 is 1.67 bits per heavy atom. The van der Waals surface area contributed by atoms with Crippen molar-refractivity contribution < 1.29 is 18.9 Å². The predicted octanol–water partition coefficient (Wildman–Crippen LogP) is 2.39. The molecule has 1 aromatic rings. The molecule has 0 radical (unpaired) electrons. The molecule has 0 heterocycles. The average molecular weight is 295 g/mol. The Morgan fingerprint density at radius 1 is 1.05 bits per heavy atom. The lowest BCUT2D eigenvalue weighted by Gasteiger charge is -2.14. The molecule has 0 aromatic heterocycles. The van der Waals surface area contributed by atoms with E-state index in [4.69, 9.17) is 18.9 Å². The van der Waals surface area contributed by atoms with Crippen LogP contribution in [0.25, 0.3) is 0 Å². The van der Waals surface area contributed by atoms with Crippen molar-refractivity contribution in [2.24, 2.45) is 0 Å². The van der Waals surface area contributed by atoms with Crippen molar-refractivity contribution in [3.63, 3.8) is 0 Å². The molecule has 0 amide bonds. The largest absolute Gasteiger partial charge is 0.496 e. The van der Waals surface area contributed by atoms with E-state index in [1.165, 1.54) is 0 Å². The zero-order valence-electron chi connectivity index (χ0n) is 13.3. The number of rotatable bonds is 10. The van der Waals surface area contributed by atoms with Gasteiger partial charge < -0.3 is 24.3 Å². The molecule has 5 nitrogen and oxygen atoms in total. The molecule has 0 atom stereocenters. The van der Waals surface area contributed by atoms with Crippen molar-refractivity contribution in [1.29, 1.82) is 0 Å². The number of benzene rings is 1. The molecular weight excluding hydrogens is 270 g/mol. The quantitative estimate of drug-likeness (QED) is 0.530. The van der Waals surface area contributed by atoms with Crippen LogP contribution < -0.4 is 19.5 Å². The minimum absolute atomic E-state index is 0.599. The molecule has 1 rings (SSSR count). The summed E-state index contributed by atoms with van der Waals surface area (Å²) in [5.74, 6) is 2.11. The first-order chi connectivity index (χ1) is 10.1. The maximum absolute atomic E-state index is 5.43. The zero-order valence-corrected chi connectivity index (χ0v) is 13.3. The van der Waals surface area contributed by atoms with Crippen LogP contribution in [0.5, 0.6) is 17.2 Å². The van der Waals surface area contributed by atoms with E-state index in [-0.39, 0.29) is 0 Å². The van der Waals surface area contributed by atoms with Crippen molar-refractivity contribution in [3.05, 3.63) is 29.8 Å². The molecule has 0 aliphatic rings. The van der Waals surface area contributed by atoms with Gasteiger partial charge in [0, 0.05) is 24.7 Å². The van der Waals surface area contributed by atoms with E-state index < -0.39 is 0 Å². The van der Waals surface area contributed by atoms with Gasteiger partial charge in [-0.1, -0.05) is 12.2 Å². The van der Waals surface area contributed by atoms with Gasteiger partial charge in [-0.05, 0) is 13.0 Å². The highest BCUT2D eigenvalue weighted by Gasteiger charge is 2.11. The molecule has 5 heteroatoms. The molecule has 0 unspecified atom stereocenters. The third kappa shape index (κ3) is 5.65. The molecule has 0 spiro atoms. The number of hydrogen-bond acceptors (Lipinski definition) is 5. The summed E-state index contributed by atoms with van der Waals surface area (Å²) in [6.07, 6.45) is 0. The highest BCUT2D eigenvalue weighted by Crippen LogP contribution is 2.34. The van der Waals surface area contributed by atoms with Gasteiger partial charge in [-0.3, -0.25) is 0 Å². The molecule has 1 N–H and O–H groups in total. The molecule has 21 heavy (non-hydrogen) atoms. The Labute approximate surface area is 126 Å². The van der Waals surface area contributed by atoms with Crippen LogP contribution in [0.1, 0.15) is 12.5 Å². The van der Waals surface area contributed by atoms with E-state index in [1.807, 2.05) is 19.1 Å². The van der Waals surface area contributed by atoms with Gasteiger partial charge in [0.2, 0.25) is 0 Å². The third-order valence-electron chi connectivity index (χ3n) is 2.87. The number of hydrogen-bond donors (Lipinski definition) is 1. The summed E-state index contributed by atoms with van der Waals surface area (Å²) in [7, 11) is 4.86. The number of ether oxygens (including phenoxy) is 4. The number of methoxy groups -OCH3 is 3. The van der Waals surface area contributed by atoms with Gasteiger partial charge in [-0.15, -0.1) is 0 Å². The molecule has 1 aromatic carbocycles. The second kappa shape index (κ2) is 9.26. The van der Waals surface area contributed by atoms with Gasteiger partial charge in [0.25, 0.3) is 0 Å². The molecule has 0 saturated carbocycles. The van der Waals surface area contributed by atoms with E-state index in [9.17, 15) is 0 Å². The summed E-state index contributed by atoms with van der Waals surface area (Å²) < 4.78 is 21.4. The lowest BCUT2D eigenvalue weighted by atomic mass is 10.1. The summed E-state index contributed by atoms with van der Waals surface area (Å²) in [5.41, 5.74) is 2.03. The van der Waals surface area contributed by atoms with Crippen molar-refractivity contribution in [3.8, 4) is 17.2 Å². The van der Waals surface area contributed by atoms with Crippen LogP contribution in [0.3, 0.4) is 0 Å². The smallest absolute Gasteiger partial charge is 0.164 e. The summed E-state index contributed by atoms with van der Waals surface area (Å²) in [6, 6.07) is 3.74. The Balaban J connectivity index is 2.55. The maximum atomic E-state index is 5.43. The lowest BCUT2D eigenvalue weighted by molar-refractivity contribution is 0.157. The highest BCUT2D eigenvalue weighted by molar-refractivity contribution is 5.50. The Morgan fingerprint density at radius 3 is 2.24 bits per heavy atom. The molecule has 0 aliphatic heterocycles. The van der Waals surface area contributed by atoms with E-state index in [1.54, 1.807) is 21.3 Å². The summed E-state index contributed by atoms with van der Waals surface area (Å²) >= 11 is 0. The van der Waals surface area contributed by atoms with Gasteiger partial charge >= 0.3 is 0 Å². The van der Waals surface area contributed by atoms with Gasteiger partial charge in [0.05, 0.1) is 34.5 Å². The van der Waals surface area contributed by atoms with Crippen LogP contribution in [-0.2, 0) is 11.3 Å². The van der Waals surface area contributed by atoms with Crippen LogP contribution in [0.2, 0.25) is 0 Å². The van der Waals surface area contributed by atoms with Crippen molar-refractivity contribution in [1.82, 2.24) is 5.32 Å². The van der Waals surface area contributed by atoms with Crippen LogP contribution in [0.4, 0.5) is 0 Å². The minimum atomic E-state index is 0.599. The van der Waals surface area contributed by atoms with Crippen LogP contribution in [0.15, 0.2) is 24.3 Å². The Kier molecular flexibility index (Phi) is 7.64. The normalized spacial score (nSPS) is 10.3. The molecular formula is C16H25NO4. The first kappa shape index (κ1) is 17.3. The monoisotopic (exact) mass is 295 g/mol. The summed E-state index contributed by atoms with van der Waals surface area (Å²) in [6.45, 7) is 8.40. The fourth-order valence-corrected chi connectivity index (χ4v) is 1.84. The maximum Gasteiger partial charge on any atom is 0.164 e. The highest BCUT2D eigenvalue weighted by atomic mass is 16.5. The second-order valence-corrected chi connectivity index (χ2v) is 4.71. The van der Waals surface area contributed by atoms with Crippen LogP contribution >= 0.6 is 0 Å². The van der Waals surface area contributed by atoms with Crippen LogP contribution in [0, 0.1) is 0 Å². The lowest BCUT2D eigenvalue weighted by Crippen LogP contribution is -2.20. The van der Waals surface area contributed by atoms with E-state index in [0.717, 1.165) is 23.4 Å². The molecule has 0 saturated heterocycles. The van der Waals surface area contributed by atoms with E-state index >= 15 is 0 Å². The Hall–Kier alpha value is -1.72. The van der Waals surface area contributed by atoms with E-state index in [2.05, 4.69) is 11.9 Å². The van der Waals surface area contributed by atoms with Crippen molar-refractivity contribution in [2.45, 2.75) is 13.5 Å². The summed E-state index contributed by atoms with van der Waals surface area (Å²) in [4.78, 5) is 0. The second-order valence-electron chi connectivity index (χ2n) is 4.71. The first-order valence-electron chi connectivity index (χ1n) is 6.84. The van der Waals surface area contributed by atoms with Crippen LogP contribution in [-0.4, -0.2) is 41.1 Å². The number of nitrogens with one attached hydrogen (secondary N) is 1. The minimum Gasteiger partial charge on any atom is -0.496 e. The predicted molar refractivity (Wildman–Crippen MR) is 83.4 cm³/mol. The third-order valence-corrected chi connectivity index (χ3v) is 2.87. The van der Waals surface area contributed by atoms with Gasteiger partial charge in [0.15, 0.2) is 11.5 Å². The first-order valence-corrected chi connectivity index (χ1v) is 6.84. The fourth-order valence-electron chi connectivity index (χ4n) is 1.84. The van der Waals surface area contributed by atoms with Crippen molar-refractivity contribution >= 4 is 0 Å². The Bertz CT molecular complexity index is 460. The van der Waals surface area contributed by atoms with Gasteiger partial charge in [-0.2, -0.15) is 0 Å². The molecule has 0 bridgehead atoms. The van der Waals surface area contributed by atoms with Gasteiger partial charge in [0.1, 0.15) is 5.75 Å². The summed E-state index contributed by atoms with van der Waals surface area (Å²) in [5, 5.41) is 3.31. The zero-order chi connectivity index (χ0) is 15.7. The standard InChI is InChI=1S/C16H25NO4/c1-12(2)11-21-7-6-17-10-13-8-15(19-4)16(20-5)9-14(13)18-3/h8-9,17H,1,6-7,10-11H2,2-5H3. The van der Waals surface area contributed by atoms with Gasteiger partial charge in [-0.25, -0.2) is 0 Å². The molecule has 0 aliphatic carbocycles. The van der Waals surface area contributed by atoms with Crippen molar-refractivity contribution in [2.75, 3.05) is 41.1 Å². The fraction of sp³-hybridized carbons (Fsp3) is 0.500. The molecule has 118 valence electrons.